The number of fused-ring (bicyclic) bond motifs is 2. The number of ether oxygens (including phenoxy) is 2. The summed E-state index contributed by atoms with van der Waals surface area (Å²) in [5.41, 5.74) is -0.428. The van der Waals surface area contributed by atoms with Crippen LogP contribution in [-0.2, 0) is 15.6 Å². The minimum absolute atomic E-state index is 0.245. The Morgan fingerprint density at radius 2 is 1.59 bits per heavy atom. The molecule has 0 saturated carbocycles. The second-order valence-corrected chi connectivity index (χ2v) is 11.0. The van der Waals surface area contributed by atoms with Gasteiger partial charge in [0.2, 0.25) is 0 Å². The van der Waals surface area contributed by atoms with E-state index in [1.54, 1.807) is 6.07 Å². The molecule has 3 aromatic carbocycles. The van der Waals surface area contributed by atoms with E-state index in [-0.39, 0.29) is 22.8 Å². The second-order valence-electron chi connectivity index (χ2n) is 9.01. The normalized spacial score (nSPS) is 23.9. The molecule has 0 aromatic heterocycles. The van der Waals surface area contributed by atoms with E-state index < -0.39 is 5.60 Å². The number of benzene rings is 3. The maximum atomic E-state index is 15.4. The maximum absolute atomic E-state index is 15.4. The van der Waals surface area contributed by atoms with E-state index in [4.69, 9.17) is 9.47 Å². The van der Waals surface area contributed by atoms with E-state index in [9.17, 15) is 0 Å². The molecule has 2 saturated heterocycles. The van der Waals surface area contributed by atoms with Crippen molar-refractivity contribution in [2.24, 2.45) is 5.92 Å². The first kappa shape index (κ1) is 21.5. The van der Waals surface area contributed by atoms with Gasteiger partial charge in [-0.2, -0.15) is 0 Å². The molecule has 0 aliphatic carbocycles. The summed E-state index contributed by atoms with van der Waals surface area (Å²) in [6, 6.07) is 26.1. The van der Waals surface area contributed by atoms with Gasteiger partial charge < -0.3 is 9.47 Å². The minimum Gasteiger partial charge on any atom is -0.484 e. The third-order valence-electron chi connectivity index (χ3n) is 7.03. The summed E-state index contributed by atoms with van der Waals surface area (Å²) >= 11 is 0. The van der Waals surface area contributed by atoms with Crippen LogP contribution in [0.2, 0.25) is 0 Å². The van der Waals surface area contributed by atoms with E-state index in [0.717, 1.165) is 30.6 Å². The predicted molar refractivity (Wildman–Crippen MR) is 127 cm³/mol. The highest BCUT2D eigenvalue weighted by Crippen LogP contribution is 2.47. The lowest BCUT2D eigenvalue weighted by Crippen LogP contribution is -2.45. The van der Waals surface area contributed by atoms with Crippen molar-refractivity contribution in [1.82, 2.24) is 0 Å². The van der Waals surface area contributed by atoms with Crippen molar-refractivity contribution in [3.05, 3.63) is 84.7 Å². The number of hydrogen-bond acceptors (Lipinski definition) is 2. The second kappa shape index (κ2) is 8.92. The molecular weight excluding hydrogens is 419 g/mol. The quantitative estimate of drug-likeness (QED) is 0.360. The molecule has 2 bridgehead atoms. The molecule has 0 N–H and O–H groups in total. The molecular formula is C28H30FO2S+. The van der Waals surface area contributed by atoms with Crippen LogP contribution >= 0.6 is 0 Å². The summed E-state index contributed by atoms with van der Waals surface area (Å²) in [4.78, 5) is 3.29. The van der Waals surface area contributed by atoms with E-state index >= 15 is 4.39 Å². The highest BCUT2D eigenvalue weighted by Gasteiger charge is 2.50. The van der Waals surface area contributed by atoms with Gasteiger partial charge in [0, 0.05) is 12.0 Å². The Hall–Kier alpha value is -2.30. The van der Waals surface area contributed by atoms with E-state index in [0.29, 0.717) is 17.8 Å². The van der Waals surface area contributed by atoms with Crippen molar-refractivity contribution >= 4 is 10.9 Å². The average molecular weight is 450 g/mol. The van der Waals surface area contributed by atoms with Gasteiger partial charge in [0.15, 0.2) is 26.3 Å². The highest BCUT2D eigenvalue weighted by atomic mass is 32.2. The molecule has 32 heavy (non-hydrogen) atoms. The predicted octanol–water partition coefficient (Wildman–Crippen LogP) is 7.04. The smallest absolute Gasteiger partial charge is 0.170 e. The molecule has 4 heteroatoms. The van der Waals surface area contributed by atoms with Crippen molar-refractivity contribution < 1.29 is 13.9 Å². The van der Waals surface area contributed by atoms with Crippen LogP contribution in [0.4, 0.5) is 4.39 Å². The van der Waals surface area contributed by atoms with Gasteiger partial charge in [-0.05, 0) is 69.0 Å². The first-order chi connectivity index (χ1) is 15.6. The third kappa shape index (κ3) is 4.06. The third-order valence-corrected chi connectivity index (χ3v) is 9.24. The van der Waals surface area contributed by atoms with Gasteiger partial charge in [0.1, 0.15) is 5.60 Å². The van der Waals surface area contributed by atoms with Crippen LogP contribution in [0.25, 0.3) is 0 Å². The summed E-state index contributed by atoms with van der Waals surface area (Å²) in [7, 11) is -0.377. The maximum Gasteiger partial charge on any atom is 0.170 e. The van der Waals surface area contributed by atoms with E-state index in [1.807, 2.05) is 48.5 Å². The van der Waals surface area contributed by atoms with Gasteiger partial charge in [-0.15, -0.1) is 0 Å². The fourth-order valence-electron chi connectivity index (χ4n) is 5.15. The Labute approximate surface area is 193 Å². The topological polar surface area (TPSA) is 18.5 Å². The minimum atomic E-state index is -0.428. The Morgan fingerprint density at radius 1 is 0.938 bits per heavy atom. The van der Waals surface area contributed by atoms with Gasteiger partial charge >= 0.3 is 0 Å². The van der Waals surface area contributed by atoms with Crippen LogP contribution in [0.1, 0.15) is 39.5 Å². The zero-order valence-electron chi connectivity index (χ0n) is 18.7. The lowest BCUT2D eigenvalue weighted by molar-refractivity contribution is -0.0162. The first-order valence-corrected chi connectivity index (χ1v) is 12.8. The van der Waals surface area contributed by atoms with Gasteiger partial charge in [0.05, 0.1) is 23.1 Å². The summed E-state index contributed by atoms with van der Waals surface area (Å²) < 4.78 is 27.9. The molecule has 4 unspecified atom stereocenters. The van der Waals surface area contributed by atoms with E-state index in [1.165, 1.54) is 9.79 Å². The number of rotatable bonds is 7. The number of hydrogen-bond donors (Lipinski definition) is 0. The van der Waals surface area contributed by atoms with Crippen LogP contribution in [0, 0.1) is 11.7 Å². The fraction of sp³-hybridized carbons (Fsp3) is 0.357. The van der Waals surface area contributed by atoms with Gasteiger partial charge in [0.25, 0.3) is 0 Å². The Balaban J connectivity index is 1.45. The summed E-state index contributed by atoms with van der Waals surface area (Å²) in [6.07, 6.45) is 4.67. The van der Waals surface area contributed by atoms with E-state index in [2.05, 4.69) is 38.1 Å². The molecule has 2 aliphatic rings. The van der Waals surface area contributed by atoms with Crippen molar-refractivity contribution in [1.29, 1.82) is 0 Å². The molecule has 5 rings (SSSR count). The van der Waals surface area contributed by atoms with Gasteiger partial charge in [-0.25, -0.2) is 4.39 Å². The van der Waals surface area contributed by atoms with Crippen molar-refractivity contribution in [3.63, 3.8) is 0 Å². The van der Waals surface area contributed by atoms with Crippen LogP contribution in [0.5, 0.6) is 5.75 Å². The number of halogens is 1. The van der Waals surface area contributed by atoms with Crippen LogP contribution in [0.3, 0.4) is 0 Å². The molecule has 0 radical (unpaired) electrons. The molecule has 3 aromatic rings. The Morgan fingerprint density at radius 3 is 2.09 bits per heavy atom. The largest absolute Gasteiger partial charge is 0.484 e. The monoisotopic (exact) mass is 449 g/mol. The molecule has 2 nitrogen and oxygen atoms in total. The molecule has 2 heterocycles. The molecule has 166 valence electrons. The zero-order valence-corrected chi connectivity index (χ0v) is 19.5. The first-order valence-electron chi connectivity index (χ1n) is 11.6. The van der Waals surface area contributed by atoms with Crippen LogP contribution < -0.4 is 4.74 Å². The Bertz CT molecular complexity index is 1020. The van der Waals surface area contributed by atoms with Crippen molar-refractivity contribution in [2.75, 3.05) is 0 Å². The van der Waals surface area contributed by atoms with Crippen molar-refractivity contribution in [3.8, 4) is 5.75 Å². The summed E-state index contributed by atoms with van der Waals surface area (Å²) in [5.74, 6) is 0.356. The van der Waals surface area contributed by atoms with Crippen molar-refractivity contribution in [2.45, 2.75) is 72.0 Å². The standard InChI is InChI=1S/C28H30FO2S/c1-3-28(2,24-18-20-14-16-26(24)30-20)31-27-17-15-23(19-25(27)29)32(21-10-6-4-7-11-21)22-12-8-5-9-13-22/h4-13,15,17,19-20,24,26H,3,14,16,18H2,1-2H3/q+1. The summed E-state index contributed by atoms with van der Waals surface area (Å²) in [5, 5.41) is 0. The van der Waals surface area contributed by atoms with Gasteiger partial charge in [-0.1, -0.05) is 43.3 Å². The lowest BCUT2D eigenvalue weighted by atomic mass is 9.76. The molecule has 2 fully saturated rings. The zero-order chi connectivity index (χ0) is 22.1. The SMILES string of the molecule is CCC(C)(Oc1ccc([S+](c2ccccc2)c2ccccc2)cc1F)C1CC2CCC1O2. The molecule has 0 spiro atoms. The molecule has 2 aliphatic heterocycles. The molecule has 4 atom stereocenters. The Kier molecular flexibility index (Phi) is 6.00. The fourth-order valence-corrected chi connectivity index (χ4v) is 7.25. The average Bonchev–Trinajstić information content (AvgIpc) is 3.47. The summed E-state index contributed by atoms with van der Waals surface area (Å²) in [6.45, 7) is 4.24. The van der Waals surface area contributed by atoms with Crippen LogP contribution in [0.15, 0.2) is 93.5 Å². The van der Waals surface area contributed by atoms with Crippen LogP contribution in [-0.4, -0.2) is 17.8 Å². The van der Waals surface area contributed by atoms with Gasteiger partial charge in [-0.3, -0.25) is 0 Å². The molecule has 0 amide bonds. The highest BCUT2D eigenvalue weighted by molar-refractivity contribution is 7.97. The lowest BCUT2D eigenvalue weighted by Gasteiger charge is -2.38.